The monoisotopic (exact) mass is 480 g/mol. The van der Waals surface area contributed by atoms with E-state index in [1.807, 2.05) is 32.0 Å². The van der Waals surface area contributed by atoms with Gasteiger partial charge in [0.15, 0.2) is 12.1 Å². The molecule has 1 aromatic heterocycles. The van der Waals surface area contributed by atoms with E-state index in [4.69, 9.17) is 4.52 Å². The number of aryl methyl sites for hydroxylation is 2. The standard InChI is InChI=1S/C21H17BrN6O3/c1-11-3-4-13(9-12(11)2)19-23-16(31-25-19)10-27-18-17(24-26-27)20(29)28(21(18)30)15-7-5-14(22)6-8-15/h3-9,17-18H,10H2,1-2H3/t17-,18-/m0/s1. The largest absolute Gasteiger partial charge is 0.337 e. The molecule has 0 bridgehead atoms. The van der Waals surface area contributed by atoms with Crippen molar-refractivity contribution in [3.63, 3.8) is 0 Å². The van der Waals surface area contributed by atoms with Gasteiger partial charge in [-0.25, -0.2) is 4.90 Å². The number of imide groups is 1. The van der Waals surface area contributed by atoms with E-state index in [0.717, 1.165) is 20.5 Å². The summed E-state index contributed by atoms with van der Waals surface area (Å²) >= 11 is 3.35. The number of rotatable bonds is 4. The van der Waals surface area contributed by atoms with Crippen LogP contribution in [0.2, 0.25) is 0 Å². The molecule has 3 heterocycles. The van der Waals surface area contributed by atoms with E-state index in [0.29, 0.717) is 11.5 Å². The minimum Gasteiger partial charge on any atom is -0.337 e. The number of hydrogen-bond acceptors (Lipinski definition) is 8. The Balaban J connectivity index is 1.36. The van der Waals surface area contributed by atoms with E-state index in [1.165, 1.54) is 10.6 Å². The predicted molar refractivity (Wildman–Crippen MR) is 114 cm³/mol. The van der Waals surface area contributed by atoms with Crippen molar-refractivity contribution in [2.75, 3.05) is 4.90 Å². The second-order valence-corrected chi connectivity index (χ2v) is 8.41. The summed E-state index contributed by atoms with van der Waals surface area (Å²) in [6.07, 6.45) is 0. The average molecular weight is 481 g/mol. The van der Waals surface area contributed by atoms with E-state index in [2.05, 4.69) is 36.4 Å². The van der Waals surface area contributed by atoms with Crippen LogP contribution in [0.15, 0.2) is 61.8 Å². The predicted octanol–water partition coefficient (Wildman–Crippen LogP) is 3.61. The summed E-state index contributed by atoms with van der Waals surface area (Å²) in [6.45, 7) is 4.13. The zero-order chi connectivity index (χ0) is 21.7. The van der Waals surface area contributed by atoms with Gasteiger partial charge >= 0.3 is 0 Å². The van der Waals surface area contributed by atoms with Gasteiger partial charge in [0.05, 0.1) is 5.69 Å². The minimum atomic E-state index is -0.877. The maximum absolute atomic E-state index is 13.0. The van der Waals surface area contributed by atoms with Crippen molar-refractivity contribution in [2.24, 2.45) is 10.3 Å². The SMILES string of the molecule is Cc1ccc(-c2noc(CN3N=N[C@@H]4C(=O)N(c5ccc(Br)cc5)C(=O)[C@H]43)n2)cc1C. The van der Waals surface area contributed by atoms with Crippen molar-refractivity contribution < 1.29 is 14.1 Å². The van der Waals surface area contributed by atoms with E-state index in [-0.39, 0.29) is 18.3 Å². The molecule has 1 fully saturated rings. The van der Waals surface area contributed by atoms with Crippen LogP contribution in [0.3, 0.4) is 0 Å². The average Bonchev–Trinajstić information content (AvgIpc) is 3.44. The number of anilines is 1. The van der Waals surface area contributed by atoms with Crippen molar-refractivity contribution in [1.29, 1.82) is 0 Å². The number of hydrogen-bond donors (Lipinski definition) is 0. The van der Waals surface area contributed by atoms with Crippen molar-refractivity contribution in [2.45, 2.75) is 32.5 Å². The van der Waals surface area contributed by atoms with Gasteiger partial charge < -0.3 is 4.52 Å². The van der Waals surface area contributed by atoms with E-state index >= 15 is 0 Å². The molecule has 2 amide bonds. The van der Waals surface area contributed by atoms with Gasteiger partial charge in [-0.1, -0.05) is 38.4 Å². The number of benzene rings is 2. The van der Waals surface area contributed by atoms with Crippen LogP contribution in [-0.4, -0.2) is 39.0 Å². The van der Waals surface area contributed by atoms with Crippen molar-refractivity contribution >= 4 is 33.4 Å². The maximum Gasteiger partial charge on any atom is 0.263 e. The fraction of sp³-hybridized carbons (Fsp3) is 0.238. The van der Waals surface area contributed by atoms with Gasteiger partial charge in [0.1, 0.15) is 6.54 Å². The first-order chi connectivity index (χ1) is 14.9. The maximum atomic E-state index is 13.0. The number of halogens is 1. The molecule has 0 spiro atoms. The highest BCUT2D eigenvalue weighted by molar-refractivity contribution is 9.10. The lowest BCUT2D eigenvalue weighted by Gasteiger charge is -2.19. The van der Waals surface area contributed by atoms with Crippen LogP contribution in [0, 0.1) is 13.8 Å². The number of carbonyl (C=O) groups is 2. The molecule has 0 unspecified atom stereocenters. The Morgan fingerprint density at radius 2 is 1.81 bits per heavy atom. The summed E-state index contributed by atoms with van der Waals surface area (Å²) in [7, 11) is 0. The van der Waals surface area contributed by atoms with Crippen molar-refractivity contribution in [1.82, 2.24) is 15.1 Å². The van der Waals surface area contributed by atoms with Crippen LogP contribution in [0.4, 0.5) is 5.69 Å². The Kier molecular flexibility index (Phi) is 4.66. The first-order valence-corrected chi connectivity index (χ1v) is 10.4. The summed E-state index contributed by atoms with van der Waals surface area (Å²) in [6, 6.07) is 11.2. The summed E-state index contributed by atoms with van der Waals surface area (Å²) in [5, 5.41) is 13.5. The number of fused-ring (bicyclic) bond motifs is 1. The second kappa shape index (κ2) is 7.38. The molecule has 156 valence electrons. The van der Waals surface area contributed by atoms with Gasteiger partial charge in [-0.05, 0) is 55.3 Å². The summed E-state index contributed by atoms with van der Waals surface area (Å²) < 4.78 is 6.22. The first-order valence-electron chi connectivity index (χ1n) is 9.63. The molecule has 0 N–H and O–H groups in total. The van der Waals surface area contributed by atoms with Crippen molar-refractivity contribution in [3.05, 3.63) is 64.0 Å². The molecule has 1 saturated heterocycles. The highest BCUT2D eigenvalue weighted by atomic mass is 79.9. The molecule has 9 nitrogen and oxygen atoms in total. The van der Waals surface area contributed by atoms with Gasteiger partial charge in [-0.2, -0.15) is 10.1 Å². The zero-order valence-corrected chi connectivity index (χ0v) is 18.3. The Morgan fingerprint density at radius 1 is 1.03 bits per heavy atom. The van der Waals surface area contributed by atoms with Gasteiger partial charge in [0, 0.05) is 10.0 Å². The molecule has 10 heteroatoms. The Hall–Kier alpha value is -3.40. The number of nitrogens with zero attached hydrogens (tertiary/aromatic N) is 6. The molecule has 0 aliphatic carbocycles. The molecule has 31 heavy (non-hydrogen) atoms. The van der Waals surface area contributed by atoms with Crippen LogP contribution in [0.25, 0.3) is 11.4 Å². The topological polar surface area (TPSA) is 104 Å². The molecular formula is C21H17BrN6O3. The third-order valence-electron chi connectivity index (χ3n) is 5.47. The molecule has 3 aromatic rings. The van der Waals surface area contributed by atoms with Crippen molar-refractivity contribution in [3.8, 4) is 11.4 Å². The molecule has 2 atom stereocenters. The zero-order valence-electron chi connectivity index (χ0n) is 16.7. The van der Waals surface area contributed by atoms with Gasteiger partial charge in [0.25, 0.3) is 11.8 Å². The van der Waals surface area contributed by atoms with Crippen LogP contribution in [0.5, 0.6) is 0 Å². The van der Waals surface area contributed by atoms with Crippen LogP contribution in [0.1, 0.15) is 17.0 Å². The molecule has 0 radical (unpaired) electrons. The Labute approximate surface area is 185 Å². The molecule has 2 aliphatic rings. The van der Waals surface area contributed by atoms with E-state index in [9.17, 15) is 9.59 Å². The van der Waals surface area contributed by atoms with Gasteiger partial charge in [-0.15, -0.1) is 0 Å². The molecule has 5 rings (SSSR count). The minimum absolute atomic E-state index is 0.0791. The third kappa shape index (κ3) is 3.32. The van der Waals surface area contributed by atoms with E-state index in [1.54, 1.807) is 24.3 Å². The summed E-state index contributed by atoms with van der Waals surface area (Å²) in [5.74, 6) is -0.0348. The number of amides is 2. The quantitative estimate of drug-likeness (QED) is 0.528. The molecule has 2 aromatic carbocycles. The normalized spacial score (nSPS) is 20.1. The lowest BCUT2D eigenvalue weighted by Crippen LogP contribution is -2.39. The lowest BCUT2D eigenvalue weighted by molar-refractivity contribution is -0.123. The highest BCUT2D eigenvalue weighted by Crippen LogP contribution is 2.33. The number of aromatic nitrogens is 2. The van der Waals surface area contributed by atoms with E-state index < -0.39 is 18.0 Å². The molecule has 2 aliphatic heterocycles. The molecular weight excluding hydrogens is 464 g/mol. The summed E-state index contributed by atoms with van der Waals surface area (Å²) in [5.41, 5.74) is 3.64. The Morgan fingerprint density at radius 3 is 2.55 bits per heavy atom. The first kappa shape index (κ1) is 19.6. The van der Waals surface area contributed by atoms with Crippen LogP contribution in [-0.2, 0) is 16.1 Å². The number of carbonyl (C=O) groups excluding carboxylic acids is 2. The van der Waals surface area contributed by atoms with Crippen LogP contribution < -0.4 is 4.90 Å². The Bertz CT molecular complexity index is 1220. The third-order valence-corrected chi connectivity index (χ3v) is 6.00. The highest BCUT2D eigenvalue weighted by Gasteiger charge is 2.55. The smallest absolute Gasteiger partial charge is 0.263 e. The fourth-order valence-corrected chi connectivity index (χ4v) is 3.92. The van der Waals surface area contributed by atoms with Crippen LogP contribution >= 0.6 is 15.9 Å². The second-order valence-electron chi connectivity index (χ2n) is 7.49. The summed E-state index contributed by atoms with van der Waals surface area (Å²) in [4.78, 5) is 31.4. The van der Waals surface area contributed by atoms with Gasteiger partial charge in [0.2, 0.25) is 11.7 Å². The lowest BCUT2D eigenvalue weighted by atomic mass is 10.1. The molecule has 0 saturated carbocycles. The fourth-order valence-electron chi connectivity index (χ4n) is 3.65. The van der Waals surface area contributed by atoms with Gasteiger partial charge in [-0.3, -0.25) is 14.6 Å².